The topological polar surface area (TPSA) is 63.6 Å². The van der Waals surface area contributed by atoms with Gasteiger partial charge in [-0.2, -0.15) is 0 Å². The molecule has 0 saturated carbocycles. The molecule has 4 heteroatoms. The van der Waals surface area contributed by atoms with Gasteiger partial charge in [0.2, 0.25) is 0 Å². The van der Waals surface area contributed by atoms with Crippen molar-refractivity contribution in [2.75, 3.05) is 0 Å². The molecule has 1 rings (SSSR count). The lowest BCUT2D eigenvalue weighted by Gasteiger charge is -2.18. The van der Waals surface area contributed by atoms with E-state index in [1.54, 1.807) is 12.1 Å². The first-order valence-electron chi connectivity index (χ1n) is 11.1. The van der Waals surface area contributed by atoms with Crippen molar-refractivity contribution in [2.24, 2.45) is 0 Å². The van der Waals surface area contributed by atoms with Crippen LogP contribution >= 0.6 is 0 Å². The number of ether oxygens (including phenoxy) is 1. The summed E-state index contributed by atoms with van der Waals surface area (Å²) in [6.07, 6.45) is 15.3. The summed E-state index contributed by atoms with van der Waals surface area (Å²) >= 11 is 0. The van der Waals surface area contributed by atoms with E-state index < -0.39 is 11.9 Å². The van der Waals surface area contributed by atoms with Gasteiger partial charge in [-0.3, -0.25) is 0 Å². The zero-order chi connectivity index (χ0) is 20.6. The minimum Gasteiger partial charge on any atom is -0.478 e. The smallest absolute Gasteiger partial charge is 0.339 e. The van der Waals surface area contributed by atoms with Crippen LogP contribution in [0.3, 0.4) is 0 Å². The Labute approximate surface area is 170 Å². The standard InChI is InChI=1S/C24H38O4/c1-3-5-6-7-8-9-10-11-12-13-17-20(16-4-2)28-24(27)22-19-15-14-18-21(22)23(25)26/h14-15,18-20H,3-13,16-17H2,1-2H3,(H,25,26). The van der Waals surface area contributed by atoms with E-state index in [9.17, 15) is 14.7 Å². The third kappa shape index (κ3) is 9.91. The van der Waals surface area contributed by atoms with Gasteiger partial charge < -0.3 is 9.84 Å². The Morgan fingerprint density at radius 2 is 1.32 bits per heavy atom. The molecule has 0 heterocycles. The van der Waals surface area contributed by atoms with E-state index in [0.717, 1.165) is 25.7 Å². The fourth-order valence-corrected chi connectivity index (χ4v) is 3.51. The average molecular weight is 391 g/mol. The van der Waals surface area contributed by atoms with E-state index in [4.69, 9.17) is 4.74 Å². The molecule has 1 aromatic carbocycles. The summed E-state index contributed by atoms with van der Waals surface area (Å²) in [5.74, 6) is -1.63. The number of hydrogen-bond donors (Lipinski definition) is 1. The molecule has 0 aliphatic rings. The molecule has 1 atom stereocenters. The third-order valence-corrected chi connectivity index (χ3v) is 5.14. The van der Waals surface area contributed by atoms with Crippen molar-refractivity contribution in [1.82, 2.24) is 0 Å². The van der Waals surface area contributed by atoms with Gasteiger partial charge in [-0.15, -0.1) is 0 Å². The normalized spacial score (nSPS) is 11.9. The van der Waals surface area contributed by atoms with Gasteiger partial charge >= 0.3 is 11.9 Å². The molecule has 1 N–H and O–H groups in total. The molecular formula is C24H38O4. The number of hydrogen-bond acceptors (Lipinski definition) is 3. The van der Waals surface area contributed by atoms with Gasteiger partial charge in [-0.05, 0) is 31.4 Å². The van der Waals surface area contributed by atoms with Crippen molar-refractivity contribution >= 4 is 11.9 Å². The first-order chi connectivity index (χ1) is 13.6. The summed E-state index contributed by atoms with van der Waals surface area (Å²) in [7, 11) is 0. The van der Waals surface area contributed by atoms with Gasteiger partial charge in [0.1, 0.15) is 6.10 Å². The second-order valence-electron chi connectivity index (χ2n) is 7.64. The molecule has 1 aromatic rings. The fraction of sp³-hybridized carbons (Fsp3) is 0.667. The summed E-state index contributed by atoms with van der Waals surface area (Å²) in [5.41, 5.74) is 0.140. The summed E-state index contributed by atoms with van der Waals surface area (Å²) in [6.45, 7) is 4.32. The van der Waals surface area contributed by atoms with Crippen LogP contribution < -0.4 is 0 Å². The van der Waals surface area contributed by atoms with Crippen LogP contribution in [-0.2, 0) is 4.74 Å². The maximum Gasteiger partial charge on any atom is 0.339 e. The Balaban J connectivity index is 2.32. The van der Waals surface area contributed by atoms with Crippen LogP contribution in [0.2, 0.25) is 0 Å². The lowest BCUT2D eigenvalue weighted by molar-refractivity contribution is 0.0248. The van der Waals surface area contributed by atoms with Crippen molar-refractivity contribution in [3.05, 3.63) is 35.4 Å². The van der Waals surface area contributed by atoms with Gasteiger partial charge in [-0.25, -0.2) is 9.59 Å². The molecule has 0 spiro atoms. The number of aromatic carboxylic acids is 1. The second-order valence-corrected chi connectivity index (χ2v) is 7.64. The number of carboxylic acid groups (broad SMARTS) is 1. The van der Waals surface area contributed by atoms with Gasteiger partial charge in [-0.1, -0.05) is 90.2 Å². The molecule has 0 aliphatic heterocycles. The van der Waals surface area contributed by atoms with Gasteiger partial charge in [0.25, 0.3) is 0 Å². The molecule has 0 radical (unpaired) electrons. The number of rotatable bonds is 16. The zero-order valence-electron chi connectivity index (χ0n) is 17.8. The van der Waals surface area contributed by atoms with E-state index >= 15 is 0 Å². The molecule has 0 aliphatic carbocycles. The summed E-state index contributed by atoms with van der Waals surface area (Å²) in [6, 6.07) is 6.25. The van der Waals surface area contributed by atoms with Crippen LogP contribution in [-0.4, -0.2) is 23.1 Å². The van der Waals surface area contributed by atoms with Gasteiger partial charge in [0.15, 0.2) is 0 Å². The highest BCUT2D eigenvalue weighted by atomic mass is 16.5. The number of carbonyl (C=O) groups excluding carboxylic acids is 1. The van der Waals surface area contributed by atoms with Gasteiger partial charge in [0.05, 0.1) is 11.1 Å². The Hall–Kier alpha value is -1.84. The molecule has 1 unspecified atom stereocenters. The average Bonchev–Trinajstić information content (AvgIpc) is 2.69. The van der Waals surface area contributed by atoms with Crippen molar-refractivity contribution in [3.63, 3.8) is 0 Å². The predicted molar refractivity (Wildman–Crippen MR) is 114 cm³/mol. The number of carboxylic acids is 1. The Morgan fingerprint density at radius 3 is 1.86 bits per heavy atom. The minimum atomic E-state index is -1.10. The number of esters is 1. The molecule has 158 valence electrons. The predicted octanol–water partition coefficient (Wildman–Crippen LogP) is 7.02. The molecule has 0 fully saturated rings. The lowest BCUT2D eigenvalue weighted by atomic mass is 10.0. The molecule has 4 nitrogen and oxygen atoms in total. The zero-order valence-corrected chi connectivity index (χ0v) is 17.8. The van der Waals surface area contributed by atoms with Crippen LogP contribution in [0.15, 0.2) is 24.3 Å². The summed E-state index contributed by atoms with van der Waals surface area (Å²) in [4.78, 5) is 23.8. The maximum atomic E-state index is 12.5. The van der Waals surface area contributed by atoms with Crippen molar-refractivity contribution in [1.29, 1.82) is 0 Å². The van der Waals surface area contributed by atoms with Crippen LogP contribution in [0.4, 0.5) is 0 Å². The first-order valence-corrected chi connectivity index (χ1v) is 11.1. The number of benzene rings is 1. The highest BCUT2D eigenvalue weighted by Crippen LogP contribution is 2.18. The Kier molecular flexibility index (Phi) is 13.1. The molecule has 0 bridgehead atoms. The molecule has 0 saturated heterocycles. The molecule has 0 amide bonds. The van der Waals surface area contributed by atoms with Crippen molar-refractivity contribution in [2.45, 2.75) is 103 Å². The highest BCUT2D eigenvalue weighted by molar-refractivity contribution is 6.02. The monoisotopic (exact) mass is 390 g/mol. The second kappa shape index (κ2) is 15.1. The maximum absolute atomic E-state index is 12.5. The largest absolute Gasteiger partial charge is 0.478 e. The lowest BCUT2D eigenvalue weighted by Crippen LogP contribution is -2.20. The van der Waals surface area contributed by atoms with Crippen LogP contribution in [0.5, 0.6) is 0 Å². The Bertz CT molecular complexity index is 567. The van der Waals surface area contributed by atoms with E-state index in [1.807, 2.05) is 0 Å². The number of unbranched alkanes of at least 4 members (excludes halogenated alkanes) is 9. The highest BCUT2D eigenvalue weighted by Gasteiger charge is 2.20. The summed E-state index contributed by atoms with van der Waals surface area (Å²) in [5, 5.41) is 9.25. The van der Waals surface area contributed by atoms with Crippen LogP contribution in [0, 0.1) is 0 Å². The Morgan fingerprint density at radius 1 is 0.786 bits per heavy atom. The summed E-state index contributed by atoms with van der Waals surface area (Å²) < 4.78 is 5.65. The first kappa shape index (κ1) is 24.2. The van der Waals surface area contributed by atoms with Gasteiger partial charge in [0, 0.05) is 0 Å². The molecule has 28 heavy (non-hydrogen) atoms. The van der Waals surface area contributed by atoms with E-state index in [1.165, 1.54) is 69.9 Å². The van der Waals surface area contributed by atoms with Crippen molar-refractivity contribution < 1.29 is 19.4 Å². The van der Waals surface area contributed by atoms with E-state index in [0.29, 0.717) is 0 Å². The van der Waals surface area contributed by atoms with E-state index in [-0.39, 0.29) is 17.2 Å². The molecular weight excluding hydrogens is 352 g/mol. The SMILES string of the molecule is CCCCCCCCCCCCC(CCC)OC(=O)c1ccccc1C(=O)O. The third-order valence-electron chi connectivity index (χ3n) is 5.14. The fourth-order valence-electron chi connectivity index (χ4n) is 3.51. The van der Waals surface area contributed by atoms with Crippen LogP contribution in [0.1, 0.15) is 118 Å². The quantitative estimate of drug-likeness (QED) is 0.243. The van der Waals surface area contributed by atoms with Crippen molar-refractivity contribution in [3.8, 4) is 0 Å². The van der Waals surface area contributed by atoms with E-state index in [2.05, 4.69) is 13.8 Å². The molecule has 0 aromatic heterocycles. The minimum absolute atomic E-state index is 0.00156. The van der Waals surface area contributed by atoms with Crippen LogP contribution in [0.25, 0.3) is 0 Å². The number of carbonyl (C=O) groups is 2.